The van der Waals surface area contributed by atoms with Crippen LogP contribution in [-0.4, -0.2) is 11.5 Å². The zero-order chi connectivity index (χ0) is 14.6. The minimum absolute atomic E-state index is 0.200. The molecule has 108 valence electrons. The largest absolute Gasteiger partial charge is 0.305 e. The molecule has 2 rings (SSSR count). The van der Waals surface area contributed by atoms with Gasteiger partial charge in [0.05, 0.1) is 17.2 Å². The summed E-state index contributed by atoms with van der Waals surface area (Å²) in [4.78, 5) is 4.47. The molecule has 0 aliphatic carbocycles. The maximum absolute atomic E-state index is 4.47. The first-order valence-electron chi connectivity index (χ1n) is 7.24. The van der Waals surface area contributed by atoms with Gasteiger partial charge in [0.1, 0.15) is 0 Å². The molecule has 0 fully saturated rings. The minimum atomic E-state index is 0.200. The molecule has 0 bridgehead atoms. The highest BCUT2D eigenvalue weighted by Crippen LogP contribution is 2.26. The van der Waals surface area contributed by atoms with Crippen LogP contribution >= 0.6 is 11.3 Å². The van der Waals surface area contributed by atoms with Gasteiger partial charge in [0.25, 0.3) is 0 Å². The van der Waals surface area contributed by atoms with Crippen LogP contribution in [-0.2, 0) is 5.41 Å². The third-order valence-corrected chi connectivity index (χ3v) is 4.06. The van der Waals surface area contributed by atoms with Crippen molar-refractivity contribution in [2.45, 2.75) is 45.6 Å². The van der Waals surface area contributed by atoms with E-state index in [0.717, 1.165) is 18.7 Å². The fourth-order valence-electron chi connectivity index (χ4n) is 2.22. The normalized spacial score (nSPS) is 13.4. The summed E-state index contributed by atoms with van der Waals surface area (Å²) in [5.41, 5.74) is 5.88. The lowest BCUT2D eigenvalue weighted by Crippen LogP contribution is -2.23. The van der Waals surface area contributed by atoms with E-state index in [1.54, 1.807) is 11.3 Å². The third-order valence-electron chi connectivity index (χ3n) is 3.46. The molecule has 0 radical (unpaired) electrons. The summed E-state index contributed by atoms with van der Waals surface area (Å²) in [6.07, 6.45) is 1.13. The summed E-state index contributed by atoms with van der Waals surface area (Å²) in [6, 6.07) is 9.14. The lowest BCUT2D eigenvalue weighted by molar-refractivity contribution is 0.580. The van der Waals surface area contributed by atoms with Crippen LogP contribution in [0.1, 0.15) is 57.0 Å². The van der Waals surface area contributed by atoms with Gasteiger partial charge in [-0.1, -0.05) is 52.0 Å². The average molecular weight is 288 g/mol. The van der Waals surface area contributed by atoms with E-state index in [4.69, 9.17) is 0 Å². The van der Waals surface area contributed by atoms with Crippen molar-refractivity contribution in [1.82, 2.24) is 10.3 Å². The van der Waals surface area contributed by atoms with Crippen molar-refractivity contribution in [3.05, 3.63) is 52.0 Å². The molecular weight excluding hydrogens is 264 g/mol. The topological polar surface area (TPSA) is 24.9 Å². The third kappa shape index (κ3) is 3.68. The van der Waals surface area contributed by atoms with Crippen molar-refractivity contribution < 1.29 is 0 Å². The van der Waals surface area contributed by atoms with Crippen molar-refractivity contribution in [1.29, 1.82) is 0 Å². The van der Waals surface area contributed by atoms with E-state index in [9.17, 15) is 0 Å². The highest BCUT2D eigenvalue weighted by molar-refractivity contribution is 7.07. The van der Waals surface area contributed by atoms with E-state index >= 15 is 0 Å². The molecule has 1 N–H and O–H groups in total. The van der Waals surface area contributed by atoms with Crippen LogP contribution in [0.3, 0.4) is 0 Å². The van der Waals surface area contributed by atoms with E-state index in [-0.39, 0.29) is 11.5 Å². The Kier molecular flexibility index (Phi) is 4.95. The summed E-state index contributed by atoms with van der Waals surface area (Å²) >= 11 is 1.65. The Hall–Kier alpha value is -1.19. The smallest absolute Gasteiger partial charge is 0.0795 e. The van der Waals surface area contributed by atoms with Gasteiger partial charge >= 0.3 is 0 Å². The van der Waals surface area contributed by atoms with Gasteiger partial charge < -0.3 is 5.32 Å². The van der Waals surface area contributed by atoms with Gasteiger partial charge in [-0.15, -0.1) is 11.3 Å². The SMILES string of the molecule is CCCNC(c1ccc(C(C)(C)C)cc1)c1cscn1. The first-order chi connectivity index (χ1) is 9.52. The fraction of sp³-hybridized carbons (Fsp3) is 0.471. The number of benzene rings is 1. The molecule has 1 atom stereocenters. The molecule has 0 aliphatic rings. The number of nitrogens with one attached hydrogen (secondary N) is 1. The van der Waals surface area contributed by atoms with Crippen molar-refractivity contribution in [3.8, 4) is 0 Å². The van der Waals surface area contributed by atoms with Crippen LogP contribution in [0, 0.1) is 0 Å². The van der Waals surface area contributed by atoms with Crippen LogP contribution in [0.4, 0.5) is 0 Å². The molecule has 1 aromatic carbocycles. The Morgan fingerprint density at radius 1 is 1.20 bits per heavy atom. The zero-order valence-electron chi connectivity index (χ0n) is 12.8. The van der Waals surface area contributed by atoms with Crippen LogP contribution < -0.4 is 5.32 Å². The van der Waals surface area contributed by atoms with Gasteiger partial charge in [0, 0.05) is 5.38 Å². The predicted octanol–water partition coefficient (Wildman–Crippen LogP) is 4.53. The maximum atomic E-state index is 4.47. The number of rotatable bonds is 5. The monoisotopic (exact) mass is 288 g/mol. The zero-order valence-corrected chi connectivity index (χ0v) is 13.6. The van der Waals surface area contributed by atoms with Crippen LogP contribution in [0.25, 0.3) is 0 Å². The van der Waals surface area contributed by atoms with Crippen LogP contribution in [0.15, 0.2) is 35.2 Å². The average Bonchev–Trinajstić information content (AvgIpc) is 2.93. The molecule has 3 heteroatoms. The van der Waals surface area contributed by atoms with Crippen molar-refractivity contribution in [2.24, 2.45) is 0 Å². The predicted molar refractivity (Wildman–Crippen MR) is 87.4 cm³/mol. The van der Waals surface area contributed by atoms with E-state index in [1.807, 2.05) is 5.51 Å². The lowest BCUT2D eigenvalue weighted by Gasteiger charge is -2.21. The molecule has 0 amide bonds. The van der Waals surface area contributed by atoms with Crippen molar-refractivity contribution in [3.63, 3.8) is 0 Å². The number of hydrogen-bond donors (Lipinski definition) is 1. The summed E-state index contributed by atoms with van der Waals surface area (Å²) in [7, 11) is 0. The number of hydrogen-bond acceptors (Lipinski definition) is 3. The second-order valence-electron chi connectivity index (χ2n) is 6.17. The molecule has 0 aliphatic heterocycles. The molecule has 2 nitrogen and oxygen atoms in total. The molecule has 1 heterocycles. The second-order valence-corrected chi connectivity index (χ2v) is 6.89. The first-order valence-corrected chi connectivity index (χ1v) is 8.18. The Bertz CT molecular complexity index is 509. The van der Waals surface area contributed by atoms with E-state index < -0.39 is 0 Å². The van der Waals surface area contributed by atoms with E-state index in [0.29, 0.717) is 0 Å². The van der Waals surface area contributed by atoms with Gasteiger partial charge in [0.15, 0.2) is 0 Å². The molecular formula is C17H24N2S. The van der Waals surface area contributed by atoms with Crippen molar-refractivity contribution in [2.75, 3.05) is 6.54 Å². The highest BCUT2D eigenvalue weighted by Gasteiger charge is 2.17. The minimum Gasteiger partial charge on any atom is -0.305 e. The number of nitrogens with zero attached hydrogens (tertiary/aromatic N) is 1. The summed E-state index contributed by atoms with van der Waals surface area (Å²) in [6.45, 7) is 9.93. The Morgan fingerprint density at radius 3 is 2.40 bits per heavy atom. The van der Waals surface area contributed by atoms with Gasteiger partial charge in [-0.05, 0) is 29.5 Å². The van der Waals surface area contributed by atoms with E-state index in [1.165, 1.54) is 11.1 Å². The van der Waals surface area contributed by atoms with Crippen LogP contribution in [0.5, 0.6) is 0 Å². The van der Waals surface area contributed by atoms with Gasteiger partial charge in [-0.25, -0.2) is 4.98 Å². The van der Waals surface area contributed by atoms with Crippen LogP contribution in [0.2, 0.25) is 0 Å². The second kappa shape index (κ2) is 6.51. The molecule has 20 heavy (non-hydrogen) atoms. The molecule has 2 aromatic rings. The Balaban J connectivity index is 2.25. The summed E-state index contributed by atoms with van der Waals surface area (Å²) in [5, 5.41) is 5.72. The number of aromatic nitrogens is 1. The number of thiazole rings is 1. The van der Waals surface area contributed by atoms with Crippen molar-refractivity contribution >= 4 is 11.3 Å². The Morgan fingerprint density at radius 2 is 1.90 bits per heavy atom. The maximum Gasteiger partial charge on any atom is 0.0795 e. The van der Waals surface area contributed by atoms with E-state index in [2.05, 4.69) is 67.6 Å². The standard InChI is InChI=1S/C17H24N2S/c1-5-10-18-16(15-11-20-12-19-15)13-6-8-14(9-7-13)17(2,3)4/h6-9,11-12,16,18H,5,10H2,1-4H3. The van der Waals surface area contributed by atoms with Gasteiger partial charge in [0.2, 0.25) is 0 Å². The highest BCUT2D eigenvalue weighted by atomic mass is 32.1. The molecule has 0 saturated heterocycles. The molecule has 1 unspecified atom stereocenters. The van der Waals surface area contributed by atoms with Gasteiger partial charge in [-0.2, -0.15) is 0 Å². The lowest BCUT2D eigenvalue weighted by atomic mass is 9.86. The molecule has 0 saturated carbocycles. The fourth-order valence-corrected chi connectivity index (χ4v) is 2.80. The molecule has 0 spiro atoms. The quantitative estimate of drug-likeness (QED) is 0.874. The first kappa shape index (κ1) is 15.2. The van der Waals surface area contributed by atoms with Gasteiger partial charge in [-0.3, -0.25) is 0 Å². The Labute approximate surface area is 126 Å². The summed E-state index contributed by atoms with van der Waals surface area (Å²) in [5.74, 6) is 0. The molecule has 1 aromatic heterocycles. The summed E-state index contributed by atoms with van der Waals surface area (Å²) < 4.78 is 0.